The fourth-order valence-corrected chi connectivity index (χ4v) is 1.38. The topological polar surface area (TPSA) is 39.1 Å². The Morgan fingerprint density at radius 1 is 1.41 bits per heavy atom. The lowest BCUT2D eigenvalue weighted by Crippen LogP contribution is -2.19. The number of aromatic nitrogens is 2. The molecule has 0 aliphatic rings. The third kappa shape index (κ3) is 2.82. The summed E-state index contributed by atoms with van der Waals surface area (Å²) in [5.41, 5.74) is 0. The number of nitrogens with one attached hydrogen (secondary N) is 1. The smallest absolute Gasteiger partial charge is 0.165 e. The average molecular weight is 235 g/mol. The van der Waals surface area contributed by atoms with Crippen LogP contribution in [0.2, 0.25) is 0 Å². The zero-order valence-corrected chi connectivity index (χ0v) is 9.72. The molecular formula is C12H14FN3O. The molecule has 2 rings (SSSR count). The van der Waals surface area contributed by atoms with Crippen molar-refractivity contribution < 1.29 is 9.13 Å². The van der Waals surface area contributed by atoms with E-state index in [4.69, 9.17) is 4.74 Å². The number of nitrogens with zero attached hydrogens (tertiary/aromatic N) is 2. The van der Waals surface area contributed by atoms with Crippen molar-refractivity contribution in [2.75, 3.05) is 7.05 Å². The summed E-state index contributed by atoms with van der Waals surface area (Å²) in [6.07, 6.45) is 3.44. The summed E-state index contributed by atoms with van der Waals surface area (Å²) in [4.78, 5) is 0. The highest BCUT2D eigenvalue weighted by atomic mass is 19.1. The Morgan fingerprint density at radius 3 is 2.94 bits per heavy atom. The molecule has 90 valence electrons. The molecule has 1 N–H and O–H groups in total. The molecule has 5 heteroatoms. The van der Waals surface area contributed by atoms with E-state index in [-0.39, 0.29) is 12.0 Å². The molecule has 1 atom stereocenters. The van der Waals surface area contributed by atoms with Crippen LogP contribution in [0, 0.1) is 5.82 Å². The second-order valence-electron chi connectivity index (χ2n) is 3.68. The van der Waals surface area contributed by atoms with Gasteiger partial charge in [-0.05, 0) is 26.1 Å². The van der Waals surface area contributed by atoms with Gasteiger partial charge in [0.15, 0.2) is 5.75 Å². The number of rotatable bonds is 4. The van der Waals surface area contributed by atoms with Crippen LogP contribution < -0.4 is 10.1 Å². The number of benzene rings is 1. The fraction of sp³-hybridized carbons (Fsp3) is 0.250. The fourth-order valence-electron chi connectivity index (χ4n) is 1.38. The van der Waals surface area contributed by atoms with Crippen LogP contribution in [0.5, 0.6) is 11.5 Å². The molecule has 1 aromatic heterocycles. The van der Waals surface area contributed by atoms with Crippen molar-refractivity contribution in [3.05, 3.63) is 42.5 Å². The third-order valence-electron chi connectivity index (χ3n) is 2.42. The number of hydrogen-bond acceptors (Lipinski definition) is 3. The van der Waals surface area contributed by atoms with Crippen molar-refractivity contribution in [1.82, 2.24) is 15.1 Å². The molecule has 0 fully saturated rings. The summed E-state index contributed by atoms with van der Waals surface area (Å²) in [5.74, 6) is 0.720. The highest BCUT2D eigenvalue weighted by molar-refractivity contribution is 5.28. The van der Waals surface area contributed by atoms with E-state index in [1.54, 1.807) is 29.2 Å². The molecule has 0 bridgehead atoms. The van der Waals surface area contributed by atoms with Gasteiger partial charge in [-0.1, -0.05) is 6.07 Å². The van der Waals surface area contributed by atoms with Gasteiger partial charge in [0.1, 0.15) is 11.6 Å². The van der Waals surface area contributed by atoms with Crippen LogP contribution in [0.1, 0.15) is 13.1 Å². The first-order chi connectivity index (χ1) is 8.19. The number of hydrogen-bond donors (Lipinski definition) is 1. The second kappa shape index (κ2) is 4.97. The predicted molar refractivity (Wildman–Crippen MR) is 62.5 cm³/mol. The minimum Gasteiger partial charge on any atom is -0.454 e. The Balaban J connectivity index is 2.11. The molecule has 4 nitrogen and oxygen atoms in total. The molecule has 2 aromatic rings. The maximum Gasteiger partial charge on any atom is 0.165 e. The van der Waals surface area contributed by atoms with Gasteiger partial charge in [-0.15, -0.1) is 0 Å². The summed E-state index contributed by atoms with van der Waals surface area (Å²) in [7, 11) is 1.85. The highest BCUT2D eigenvalue weighted by Crippen LogP contribution is 2.21. The van der Waals surface area contributed by atoms with Crippen molar-refractivity contribution in [3.63, 3.8) is 0 Å². The van der Waals surface area contributed by atoms with Crippen LogP contribution in [0.15, 0.2) is 36.7 Å². The number of ether oxygens (including phenoxy) is 1. The Bertz CT molecular complexity index is 498. The SMILES string of the molecule is CNC(C)n1cc(Oc2cccc(F)c2)cn1. The Labute approximate surface area is 99.0 Å². The average Bonchev–Trinajstić information content (AvgIpc) is 2.76. The Kier molecular flexibility index (Phi) is 3.39. The predicted octanol–water partition coefficient (Wildman–Crippen LogP) is 2.55. The molecule has 1 heterocycles. The molecule has 0 radical (unpaired) electrons. The summed E-state index contributed by atoms with van der Waals surface area (Å²) >= 11 is 0. The summed E-state index contributed by atoms with van der Waals surface area (Å²) in [6, 6.07) is 6.01. The van der Waals surface area contributed by atoms with Gasteiger partial charge in [-0.25, -0.2) is 4.39 Å². The van der Waals surface area contributed by atoms with Gasteiger partial charge in [0.05, 0.1) is 18.6 Å². The molecule has 0 saturated heterocycles. The molecule has 0 spiro atoms. The van der Waals surface area contributed by atoms with Crippen LogP contribution in [0.3, 0.4) is 0 Å². The Hall–Kier alpha value is -1.88. The van der Waals surface area contributed by atoms with E-state index in [2.05, 4.69) is 10.4 Å². The van der Waals surface area contributed by atoms with Crippen molar-refractivity contribution in [3.8, 4) is 11.5 Å². The van der Waals surface area contributed by atoms with Gasteiger partial charge < -0.3 is 4.74 Å². The maximum absolute atomic E-state index is 12.9. The second-order valence-corrected chi connectivity index (χ2v) is 3.68. The lowest BCUT2D eigenvalue weighted by molar-refractivity contribution is 0.427. The molecule has 0 aliphatic heterocycles. The van der Waals surface area contributed by atoms with E-state index in [1.165, 1.54) is 12.1 Å². The lowest BCUT2D eigenvalue weighted by Gasteiger charge is -2.09. The molecule has 17 heavy (non-hydrogen) atoms. The van der Waals surface area contributed by atoms with E-state index in [0.29, 0.717) is 11.5 Å². The van der Waals surface area contributed by atoms with Crippen molar-refractivity contribution in [2.24, 2.45) is 0 Å². The van der Waals surface area contributed by atoms with E-state index in [9.17, 15) is 4.39 Å². The minimum atomic E-state index is -0.321. The quantitative estimate of drug-likeness (QED) is 0.885. The van der Waals surface area contributed by atoms with Crippen LogP contribution in [-0.2, 0) is 0 Å². The monoisotopic (exact) mass is 235 g/mol. The first-order valence-electron chi connectivity index (χ1n) is 5.34. The van der Waals surface area contributed by atoms with E-state index < -0.39 is 0 Å². The molecule has 1 unspecified atom stereocenters. The van der Waals surface area contributed by atoms with Crippen molar-refractivity contribution in [1.29, 1.82) is 0 Å². The first kappa shape index (κ1) is 11.6. The van der Waals surface area contributed by atoms with Crippen LogP contribution in [0.25, 0.3) is 0 Å². The molecule has 0 amide bonds. The van der Waals surface area contributed by atoms with Gasteiger partial charge in [0, 0.05) is 6.07 Å². The largest absolute Gasteiger partial charge is 0.454 e. The van der Waals surface area contributed by atoms with Gasteiger partial charge in [-0.2, -0.15) is 5.10 Å². The zero-order chi connectivity index (χ0) is 12.3. The normalized spacial score (nSPS) is 12.4. The lowest BCUT2D eigenvalue weighted by atomic mass is 10.3. The minimum absolute atomic E-state index is 0.0832. The van der Waals surface area contributed by atoms with Crippen molar-refractivity contribution in [2.45, 2.75) is 13.1 Å². The van der Waals surface area contributed by atoms with Gasteiger partial charge >= 0.3 is 0 Å². The standard InChI is InChI=1S/C12H14FN3O/c1-9(14-2)16-8-12(7-15-16)17-11-5-3-4-10(13)6-11/h3-9,14H,1-2H3. The van der Waals surface area contributed by atoms with Crippen LogP contribution >= 0.6 is 0 Å². The van der Waals surface area contributed by atoms with Crippen LogP contribution in [-0.4, -0.2) is 16.8 Å². The highest BCUT2D eigenvalue weighted by Gasteiger charge is 2.05. The van der Waals surface area contributed by atoms with Crippen LogP contribution in [0.4, 0.5) is 4.39 Å². The van der Waals surface area contributed by atoms with Gasteiger partial charge in [0.25, 0.3) is 0 Å². The summed E-state index contributed by atoms with van der Waals surface area (Å²) < 4.78 is 20.2. The molecular weight excluding hydrogens is 221 g/mol. The maximum atomic E-state index is 12.9. The molecule has 0 saturated carbocycles. The summed E-state index contributed by atoms with van der Waals surface area (Å²) in [5, 5.41) is 7.19. The number of halogens is 1. The third-order valence-corrected chi connectivity index (χ3v) is 2.42. The van der Waals surface area contributed by atoms with E-state index in [0.717, 1.165) is 0 Å². The zero-order valence-electron chi connectivity index (χ0n) is 9.72. The van der Waals surface area contributed by atoms with E-state index in [1.807, 2.05) is 14.0 Å². The molecule has 1 aromatic carbocycles. The Morgan fingerprint density at radius 2 is 2.24 bits per heavy atom. The van der Waals surface area contributed by atoms with Gasteiger partial charge in [-0.3, -0.25) is 10.00 Å². The summed E-state index contributed by atoms with van der Waals surface area (Å²) in [6.45, 7) is 1.97. The van der Waals surface area contributed by atoms with Gasteiger partial charge in [0.2, 0.25) is 0 Å². The first-order valence-corrected chi connectivity index (χ1v) is 5.34. The van der Waals surface area contributed by atoms with Crippen molar-refractivity contribution >= 4 is 0 Å². The van der Waals surface area contributed by atoms with E-state index >= 15 is 0 Å². The molecule has 0 aliphatic carbocycles.